The van der Waals surface area contributed by atoms with Crippen LogP contribution < -0.4 is 5.32 Å². The summed E-state index contributed by atoms with van der Waals surface area (Å²) in [6.45, 7) is 8.97. The fourth-order valence-corrected chi connectivity index (χ4v) is 2.56. The average Bonchev–Trinajstić information content (AvgIpc) is 2.42. The third kappa shape index (κ3) is 5.51. The highest BCUT2D eigenvalue weighted by molar-refractivity contribution is 4.82. The zero-order valence-electron chi connectivity index (χ0n) is 11.9. The van der Waals surface area contributed by atoms with Gasteiger partial charge in [-0.1, -0.05) is 32.3 Å². The Morgan fingerprint density at radius 3 is 2.83 bits per heavy atom. The van der Waals surface area contributed by atoms with Crippen LogP contribution in [0.15, 0.2) is 12.7 Å². The molecule has 2 N–H and O–H groups in total. The number of nitrogens with one attached hydrogen (secondary N) is 1. The van der Waals surface area contributed by atoms with Crippen molar-refractivity contribution in [3.8, 4) is 0 Å². The van der Waals surface area contributed by atoms with Gasteiger partial charge in [0.15, 0.2) is 0 Å². The molecule has 1 aliphatic carbocycles. The number of ether oxygens (including phenoxy) is 1. The summed E-state index contributed by atoms with van der Waals surface area (Å²) >= 11 is 0. The van der Waals surface area contributed by atoms with Crippen molar-refractivity contribution in [2.24, 2.45) is 5.92 Å². The maximum Gasteiger partial charge on any atom is 0.0898 e. The lowest BCUT2D eigenvalue weighted by Crippen LogP contribution is -2.37. The molecule has 4 unspecified atom stereocenters. The minimum absolute atomic E-state index is 0.234. The third-order valence-corrected chi connectivity index (χ3v) is 3.90. The van der Waals surface area contributed by atoms with E-state index in [0.29, 0.717) is 25.2 Å². The molecule has 1 saturated carbocycles. The van der Waals surface area contributed by atoms with Gasteiger partial charge >= 0.3 is 0 Å². The highest BCUT2D eigenvalue weighted by Gasteiger charge is 2.24. The van der Waals surface area contributed by atoms with Crippen LogP contribution in [0.3, 0.4) is 0 Å². The van der Waals surface area contributed by atoms with Gasteiger partial charge in [-0.3, -0.25) is 0 Å². The third-order valence-electron chi connectivity index (χ3n) is 3.90. The van der Waals surface area contributed by atoms with Crippen LogP contribution >= 0.6 is 0 Å². The first-order valence-corrected chi connectivity index (χ1v) is 7.33. The van der Waals surface area contributed by atoms with E-state index in [1.165, 1.54) is 25.7 Å². The molecule has 0 radical (unpaired) electrons. The van der Waals surface area contributed by atoms with E-state index < -0.39 is 6.10 Å². The Bertz CT molecular complexity index is 233. The maximum atomic E-state index is 9.86. The molecule has 0 heterocycles. The van der Waals surface area contributed by atoms with Crippen LogP contribution in [0.1, 0.15) is 46.0 Å². The molecule has 0 bridgehead atoms. The van der Waals surface area contributed by atoms with Gasteiger partial charge in [-0.2, -0.15) is 0 Å². The van der Waals surface area contributed by atoms with Gasteiger partial charge in [0.25, 0.3) is 0 Å². The number of rotatable bonds is 8. The Morgan fingerprint density at radius 1 is 1.44 bits per heavy atom. The molecule has 0 spiro atoms. The molecule has 1 fully saturated rings. The number of hydrogen-bond acceptors (Lipinski definition) is 3. The predicted molar refractivity (Wildman–Crippen MR) is 75.7 cm³/mol. The van der Waals surface area contributed by atoms with Crippen molar-refractivity contribution in [3.05, 3.63) is 12.7 Å². The summed E-state index contributed by atoms with van der Waals surface area (Å²) in [5.41, 5.74) is 0. The maximum absolute atomic E-state index is 9.86. The van der Waals surface area contributed by atoms with Gasteiger partial charge in [0.05, 0.1) is 18.8 Å². The summed E-state index contributed by atoms with van der Waals surface area (Å²) in [5, 5.41) is 13.1. The second-order valence-corrected chi connectivity index (χ2v) is 5.41. The van der Waals surface area contributed by atoms with Gasteiger partial charge in [0.1, 0.15) is 0 Å². The molecule has 1 aliphatic rings. The van der Waals surface area contributed by atoms with Crippen molar-refractivity contribution >= 4 is 0 Å². The number of aliphatic hydroxyl groups excluding tert-OH is 1. The van der Waals surface area contributed by atoms with E-state index in [1.54, 1.807) is 0 Å². The highest BCUT2D eigenvalue weighted by Crippen LogP contribution is 2.29. The van der Waals surface area contributed by atoms with Gasteiger partial charge < -0.3 is 15.2 Å². The first kappa shape index (κ1) is 15.7. The second kappa shape index (κ2) is 8.68. The molecule has 0 aromatic carbocycles. The summed E-state index contributed by atoms with van der Waals surface area (Å²) in [4.78, 5) is 0. The molecule has 4 atom stereocenters. The lowest BCUT2D eigenvalue weighted by Gasteiger charge is -2.31. The molecule has 1 rings (SSSR count). The Balaban J connectivity index is 2.19. The van der Waals surface area contributed by atoms with Gasteiger partial charge in [0.2, 0.25) is 0 Å². The molecule has 3 heteroatoms. The van der Waals surface area contributed by atoms with E-state index in [-0.39, 0.29) is 6.04 Å². The molecular weight excluding hydrogens is 226 g/mol. The van der Waals surface area contributed by atoms with Crippen molar-refractivity contribution < 1.29 is 9.84 Å². The fourth-order valence-electron chi connectivity index (χ4n) is 2.56. The minimum atomic E-state index is -0.424. The van der Waals surface area contributed by atoms with Crippen molar-refractivity contribution in [1.29, 1.82) is 0 Å². The fraction of sp³-hybridized carbons (Fsp3) is 0.867. The molecule has 3 nitrogen and oxygen atoms in total. The van der Waals surface area contributed by atoms with Crippen LogP contribution in [0.2, 0.25) is 0 Å². The summed E-state index contributed by atoms with van der Waals surface area (Å²) in [5.74, 6) is 0.686. The molecule has 18 heavy (non-hydrogen) atoms. The Hall–Kier alpha value is -0.380. The Kier molecular flexibility index (Phi) is 7.56. The van der Waals surface area contributed by atoms with Crippen molar-refractivity contribution in [1.82, 2.24) is 5.32 Å². The molecule has 0 saturated heterocycles. The van der Waals surface area contributed by atoms with Gasteiger partial charge in [-0.25, -0.2) is 0 Å². The molecule has 0 aromatic heterocycles. The topological polar surface area (TPSA) is 41.5 Å². The molecule has 106 valence electrons. The molecule has 0 amide bonds. The van der Waals surface area contributed by atoms with Crippen LogP contribution in [0.4, 0.5) is 0 Å². The van der Waals surface area contributed by atoms with E-state index in [4.69, 9.17) is 4.74 Å². The second-order valence-electron chi connectivity index (χ2n) is 5.41. The Morgan fingerprint density at radius 2 is 2.17 bits per heavy atom. The van der Waals surface area contributed by atoms with Crippen LogP contribution in [0.5, 0.6) is 0 Å². The lowest BCUT2D eigenvalue weighted by molar-refractivity contribution is -0.0500. The number of aliphatic hydroxyl groups is 1. The largest absolute Gasteiger partial charge is 0.389 e. The lowest BCUT2D eigenvalue weighted by atomic mass is 9.85. The average molecular weight is 255 g/mol. The van der Waals surface area contributed by atoms with Gasteiger partial charge in [-0.05, 0) is 25.7 Å². The summed E-state index contributed by atoms with van der Waals surface area (Å²) < 4.78 is 5.90. The van der Waals surface area contributed by atoms with Gasteiger partial charge in [0, 0.05) is 12.6 Å². The smallest absolute Gasteiger partial charge is 0.0898 e. The van der Waals surface area contributed by atoms with Crippen molar-refractivity contribution in [2.45, 2.75) is 64.2 Å². The van der Waals surface area contributed by atoms with E-state index in [0.717, 1.165) is 6.42 Å². The van der Waals surface area contributed by atoms with Crippen LogP contribution in [-0.2, 0) is 4.74 Å². The quantitative estimate of drug-likeness (QED) is 0.655. The monoisotopic (exact) mass is 255 g/mol. The van der Waals surface area contributed by atoms with Crippen molar-refractivity contribution in [2.75, 3.05) is 13.2 Å². The predicted octanol–water partition coefficient (Wildman–Crippen LogP) is 2.50. The minimum Gasteiger partial charge on any atom is -0.389 e. The first-order valence-electron chi connectivity index (χ1n) is 7.33. The number of hydrogen-bond donors (Lipinski definition) is 2. The summed E-state index contributed by atoms with van der Waals surface area (Å²) in [6, 6.07) is 0.234. The SMILES string of the molecule is C=CC(C)NCC(O)COC1CCCCC1CC. The normalized spacial score (nSPS) is 27.7. The van der Waals surface area contributed by atoms with Crippen molar-refractivity contribution in [3.63, 3.8) is 0 Å². The zero-order valence-corrected chi connectivity index (χ0v) is 11.9. The standard InChI is InChI=1S/C15H29NO2/c1-4-12(3)16-10-14(17)11-18-15-9-7-6-8-13(15)5-2/h4,12-17H,1,5-11H2,2-3H3. The van der Waals surface area contributed by atoms with E-state index in [2.05, 4.69) is 18.8 Å². The first-order chi connectivity index (χ1) is 8.67. The molecule has 0 aliphatic heterocycles. The Labute approximate surface area is 112 Å². The molecular formula is C15H29NO2. The van der Waals surface area contributed by atoms with Crippen LogP contribution in [0.25, 0.3) is 0 Å². The van der Waals surface area contributed by atoms with E-state index in [9.17, 15) is 5.11 Å². The molecule has 0 aromatic rings. The van der Waals surface area contributed by atoms with E-state index >= 15 is 0 Å². The summed E-state index contributed by atoms with van der Waals surface area (Å²) in [6.07, 6.45) is 7.99. The van der Waals surface area contributed by atoms with Crippen LogP contribution in [0, 0.1) is 5.92 Å². The van der Waals surface area contributed by atoms with Gasteiger partial charge in [-0.15, -0.1) is 6.58 Å². The zero-order chi connectivity index (χ0) is 13.4. The van der Waals surface area contributed by atoms with E-state index in [1.807, 2.05) is 13.0 Å². The summed E-state index contributed by atoms with van der Waals surface area (Å²) in [7, 11) is 0. The highest BCUT2D eigenvalue weighted by atomic mass is 16.5. The van der Waals surface area contributed by atoms with Crippen LogP contribution in [-0.4, -0.2) is 36.5 Å².